The van der Waals surface area contributed by atoms with Gasteiger partial charge < -0.3 is 9.72 Å². The fraction of sp³-hybridized carbons (Fsp3) is 0.143. The molecule has 0 spiro atoms. The Morgan fingerprint density at radius 1 is 1.50 bits per heavy atom. The van der Waals surface area contributed by atoms with Crippen molar-refractivity contribution in [2.45, 2.75) is 6.36 Å². The number of halogens is 5. The zero-order chi connectivity index (χ0) is 12.5. The van der Waals surface area contributed by atoms with E-state index in [9.17, 15) is 22.8 Å². The summed E-state index contributed by atoms with van der Waals surface area (Å²) >= 11 is 6.64. The molecule has 0 saturated heterocycles. The van der Waals surface area contributed by atoms with Crippen molar-refractivity contribution in [1.82, 2.24) is 4.98 Å². The number of carbonyl (C=O) groups is 1. The van der Waals surface area contributed by atoms with E-state index >= 15 is 0 Å². The number of hydrogen-bond donors (Lipinski definition) is 1. The van der Waals surface area contributed by atoms with E-state index in [1.165, 1.54) is 0 Å². The van der Waals surface area contributed by atoms with Crippen molar-refractivity contribution in [3.05, 3.63) is 25.7 Å². The number of aromatic nitrogens is 1. The number of alkyl halides is 3. The standard InChI is InChI=1S/C7H2ClF3INO3/c8-5(14)4-2(12)1-3(6(15)13-4)16-7(9,10)11/h1H,(H,13,15). The van der Waals surface area contributed by atoms with Crippen molar-refractivity contribution in [3.63, 3.8) is 0 Å². The molecule has 16 heavy (non-hydrogen) atoms. The van der Waals surface area contributed by atoms with Gasteiger partial charge in [0.25, 0.3) is 10.8 Å². The summed E-state index contributed by atoms with van der Waals surface area (Å²) in [5.74, 6) is -0.946. The highest BCUT2D eigenvalue weighted by molar-refractivity contribution is 14.1. The summed E-state index contributed by atoms with van der Waals surface area (Å²) in [5.41, 5.74) is -1.46. The predicted octanol–water partition coefficient (Wildman–Crippen LogP) is 2.26. The number of ether oxygens (including phenoxy) is 1. The van der Waals surface area contributed by atoms with E-state index in [1.54, 1.807) is 22.6 Å². The lowest BCUT2D eigenvalue weighted by Gasteiger charge is -2.08. The molecule has 0 saturated carbocycles. The van der Waals surface area contributed by atoms with E-state index in [0.717, 1.165) is 6.07 Å². The molecule has 0 aliphatic carbocycles. The Kier molecular flexibility index (Phi) is 3.84. The summed E-state index contributed by atoms with van der Waals surface area (Å²) in [7, 11) is 0. The van der Waals surface area contributed by atoms with E-state index < -0.39 is 22.9 Å². The molecule has 0 aromatic carbocycles. The van der Waals surface area contributed by atoms with Crippen molar-refractivity contribution in [3.8, 4) is 5.75 Å². The van der Waals surface area contributed by atoms with Gasteiger partial charge >= 0.3 is 6.36 Å². The van der Waals surface area contributed by atoms with Crippen LogP contribution in [0.1, 0.15) is 10.5 Å². The number of nitrogens with one attached hydrogen (secondary N) is 1. The second-order valence-electron chi connectivity index (χ2n) is 2.51. The van der Waals surface area contributed by atoms with Crippen LogP contribution in [-0.2, 0) is 0 Å². The number of carbonyl (C=O) groups excluding carboxylic acids is 1. The molecule has 0 fully saturated rings. The molecule has 0 bridgehead atoms. The molecule has 0 aliphatic heterocycles. The van der Waals surface area contributed by atoms with Crippen LogP contribution in [0.3, 0.4) is 0 Å². The Hall–Kier alpha value is -0.770. The average molecular weight is 367 g/mol. The van der Waals surface area contributed by atoms with E-state index in [0.29, 0.717) is 0 Å². The molecule has 4 nitrogen and oxygen atoms in total. The molecule has 1 aromatic heterocycles. The Bertz CT molecular complexity index is 485. The molecular weight excluding hydrogens is 365 g/mol. The zero-order valence-electron chi connectivity index (χ0n) is 7.19. The van der Waals surface area contributed by atoms with Crippen molar-refractivity contribution in [2.75, 3.05) is 0 Å². The van der Waals surface area contributed by atoms with E-state index in [1.807, 2.05) is 4.98 Å². The summed E-state index contributed by atoms with van der Waals surface area (Å²) in [6.45, 7) is 0. The first-order valence-electron chi connectivity index (χ1n) is 3.59. The lowest BCUT2D eigenvalue weighted by atomic mass is 10.3. The van der Waals surface area contributed by atoms with Crippen LogP contribution >= 0.6 is 34.2 Å². The van der Waals surface area contributed by atoms with Gasteiger partial charge in [0.1, 0.15) is 5.69 Å². The Morgan fingerprint density at radius 3 is 2.50 bits per heavy atom. The Morgan fingerprint density at radius 2 is 2.06 bits per heavy atom. The highest BCUT2D eigenvalue weighted by Gasteiger charge is 2.32. The molecule has 0 atom stereocenters. The van der Waals surface area contributed by atoms with Crippen LogP contribution in [-0.4, -0.2) is 16.6 Å². The summed E-state index contributed by atoms with van der Waals surface area (Å²) in [4.78, 5) is 23.7. The number of pyridine rings is 1. The molecule has 0 amide bonds. The smallest absolute Gasteiger partial charge is 0.400 e. The monoisotopic (exact) mass is 367 g/mol. The number of rotatable bonds is 2. The van der Waals surface area contributed by atoms with E-state index in [-0.39, 0.29) is 9.26 Å². The largest absolute Gasteiger partial charge is 0.573 e. The minimum Gasteiger partial charge on any atom is -0.400 e. The van der Waals surface area contributed by atoms with Crippen molar-refractivity contribution in [2.24, 2.45) is 0 Å². The van der Waals surface area contributed by atoms with Crippen LogP contribution in [0, 0.1) is 3.57 Å². The zero-order valence-corrected chi connectivity index (χ0v) is 10.1. The minimum absolute atomic E-state index is 0.0523. The van der Waals surface area contributed by atoms with Gasteiger partial charge in [0.05, 0.1) is 0 Å². The van der Waals surface area contributed by atoms with Crippen molar-refractivity contribution in [1.29, 1.82) is 0 Å². The van der Waals surface area contributed by atoms with Crippen LogP contribution < -0.4 is 10.3 Å². The van der Waals surface area contributed by atoms with Gasteiger partial charge in [0.2, 0.25) is 0 Å². The molecule has 88 valence electrons. The van der Waals surface area contributed by atoms with Crippen molar-refractivity contribution >= 4 is 39.4 Å². The van der Waals surface area contributed by atoms with Crippen molar-refractivity contribution < 1.29 is 22.7 Å². The van der Waals surface area contributed by atoms with Crippen LogP contribution in [0.25, 0.3) is 0 Å². The van der Waals surface area contributed by atoms with Crippen LogP contribution in [0.5, 0.6) is 5.75 Å². The summed E-state index contributed by atoms with van der Waals surface area (Å²) < 4.78 is 39.0. The lowest BCUT2D eigenvalue weighted by Crippen LogP contribution is -2.24. The minimum atomic E-state index is -4.97. The first-order valence-corrected chi connectivity index (χ1v) is 5.05. The van der Waals surface area contributed by atoms with Gasteiger partial charge in [-0.3, -0.25) is 9.59 Å². The Balaban J connectivity index is 3.21. The van der Waals surface area contributed by atoms with Gasteiger partial charge in [-0.15, -0.1) is 13.2 Å². The first-order chi connectivity index (χ1) is 7.20. The molecule has 0 unspecified atom stereocenters. The number of H-pyrrole nitrogens is 1. The second kappa shape index (κ2) is 4.62. The summed E-state index contributed by atoms with van der Waals surface area (Å²) in [6.07, 6.45) is -4.97. The third-order valence-corrected chi connectivity index (χ3v) is 2.42. The van der Waals surface area contributed by atoms with E-state index in [4.69, 9.17) is 11.6 Å². The molecule has 9 heteroatoms. The fourth-order valence-corrected chi connectivity index (χ4v) is 1.80. The number of aromatic amines is 1. The summed E-state index contributed by atoms with van der Waals surface area (Å²) in [6, 6.07) is 0.780. The quantitative estimate of drug-likeness (QED) is 0.644. The molecule has 1 heterocycles. The van der Waals surface area contributed by atoms with E-state index in [2.05, 4.69) is 4.74 Å². The molecule has 1 aromatic rings. The lowest BCUT2D eigenvalue weighted by molar-refractivity contribution is -0.275. The van der Waals surface area contributed by atoms with Gasteiger partial charge in [-0.25, -0.2) is 0 Å². The maximum atomic E-state index is 11.8. The van der Waals surface area contributed by atoms with Crippen LogP contribution in [0.15, 0.2) is 10.9 Å². The van der Waals surface area contributed by atoms with Gasteiger partial charge in [0, 0.05) is 9.64 Å². The topological polar surface area (TPSA) is 59.2 Å². The summed E-state index contributed by atoms with van der Waals surface area (Å²) in [5, 5.41) is -0.972. The van der Waals surface area contributed by atoms with Gasteiger partial charge in [0.15, 0.2) is 5.75 Å². The third-order valence-electron chi connectivity index (χ3n) is 1.38. The fourth-order valence-electron chi connectivity index (χ4n) is 0.831. The van der Waals surface area contributed by atoms with Crippen LogP contribution in [0.2, 0.25) is 0 Å². The SMILES string of the molecule is O=C(Cl)c1[nH]c(=O)c(OC(F)(F)F)cc1I. The maximum absolute atomic E-state index is 11.8. The van der Waals surface area contributed by atoms with Gasteiger partial charge in [-0.05, 0) is 34.2 Å². The van der Waals surface area contributed by atoms with Gasteiger partial charge in [-0.1, -0.05) is 0 Å². The van der Waals surface area contributed by atoms with Gasteiger partial charge in [-0.2, -0.15) is 0 Å². The normalized spacial score (nSPS) is 11.3. The highest BCUT2D eigenvalue weighted by atomic mass is 127. The predicted molar refractivity (Wildman–Crippen MR) is 56.6 cm³/mol. The number of hydrogen-bond acceptors (Lipinski definition) is 3. The molecule has 1 N–H and O–H groups in total. The Labute approximate surface area is 105 Å². The maximum Gasteiger partial charge on any atom is 0.573 e. The molecule has 0 radical (unpaired) electrons. The first kappa shape index (κ1) is 13.3. The second-order valence-corrected chi connectivity index (χ2v) is 4.01. The highest BCUT2D eigenvalue weighted by Crippen LogP contribution is 2.22. The third kappa shape index (κ3) is 3.37. The molecular formula is C7H2ClF3INO3. The molecule has 0 aliphatic rings. The average Bonchev–Trinajstić information content (AvgIpc) is 2.07. The van der Waals surface area contributed by atoms with Crippen LogP contribution in [0.4, 0.5) is 13.2 Å². The molecule has 1 rings (SSSR count).